The predicted molar refractivity (Wildman–Crippen MR) is 80.8 cm³/mol. The molecule has 1 N–H and O–H groups in total. The lowest BCUT2D eigenvalue weighted by molar-refractivity contribution is 0.0729. The fourth-order valence-corrected chi connectivity index (χ4v) is 1.82. The Morgan fingerprint density at radius 2 is 1.81 bits per heavy atom. The molecule has 0 amide bonds. The Kier molecular flexibility index (Phi) is 4.61. The summed E-state index contributed by atoms with van der Waals surface area (Å²) >= 11 is 0. The number of ether oxygens (including phenoxy) is 2. The summed E-state index contributed by atoms with van der Waals surface area (Å²) in [5.41, 5.74) is 1.31. The molecule has 0 bridgehead atoms. The molecule has 2 aromatic carbocycles. The molecule has 0 saturated carbocycles. The fourth-order valence-electron chi connectivity index (χ4n) is 1.82. The third-order valence-corrected chi connectivity index (χ3v) is 2.85. The number of allylic oxidation sites excluding steroid dienone is 1. The van der Waals surface area contributed by atoms with Gasteiger partial charge in [-0.3, -0.25) is 0 Å². The van der Waals surface area contributed by atoms with Crippen LogP contribution in [0.15, 0.2) is 48.5 Å². The van der Waals surface area contributed by atoms with Crippen molar-refractivity contribution in [1.82, 2.24) is 0 Å². The second kappa shape index (κ2) is 6.61. The van der Waals surface area contributed by atoms with Crippen molar-refractivity contribution in [3.05, 3.63) is 59.7 Å². The maximum Gasteiger partial charge on any atom is 0.343 e. The number of carbonyl (C=O) groups is 1. The van der Waals surface area contributed by atoms with Gasteiger partial charge >= 0.3 is 5.97 Å². The van der Waals surface area contributed by atoms with Gasteiger partial charge < -0.3 is 14.6 Å². The van der Waals surface area contributed by atoms with Crippen LogP contribution in [0.1, 0.15) is 22.8 Å². The molecule has 0 aromatic heterocycles. The number of hydrogen-bond donors (Lipinski definition) is 1. The highest BCUT2D eigenvalue weighted by atomic mass is 16.6. The van der Waals surface area contributed by atoms with Crippen LogP contribution in [0.5, 0.6) is 17.2 Å². The molecule has 0 aliphatic heterocycles. The van der Waals surface area contributed by atoms with Gasteiger partial charge in [-0.2, -0.15) is 0 Å². The normalized spacial score (nSPS) is 10.6. The van der Waals surface area contributed by atoms with Gasteiger partial charge in [-0.15, -0.1) is 0 Å². The van der Waals surface area contributed by atoms with Crippen LogP contribution in [0, 0.1) is 0 Å². The average molecular weight is 284 g/mol. The van der Waals surface area contributed by atoms with E-state index in [1.54, 1.807) is 12.1 Å². The van der Waals surface area contributed by atoms with Crippen LogP contribution in [0.25, 0.3) is 6.08 Å². The summed E-state index contributed by atoms with van der Waals surface area (Å²) in [7, 11) is 1.52. The molecule has 0 unspecified atom stereocenters. The summed E-state index contributed by atoms with van der Waals surface area (Å²) in [4.78, 5) is 12.0. The Hall–Kier alpha value is -2.75. The van der Waals surface area contributed by atoms with Crippen molar-refractivity contribution < 1.29 is 19.4 Å². The Bertz CT molecular complexity index is 657. The maximum atomic E-state index is 12.0. The summed E-state index contributed by atoms with van der Waals surface area (Å²) in [5.74, 6) is 0.425. The molecule has 0 saturated heterocycles. The minimum Gasteiger partial charge on any atom is -0.508 e. The number of rotatable bonds is 4. The van der Waals surface area contributed by atoms with Crippen LogP contribution in [0.3, 0.4) is 0 Å². The van der Waals surface area contributed by atoms with E-state index >= 15 is 0 Å². The first-order chi connectivity index (χ1) is 10.1. The van der Waals surface area contributed by atoms with Crippen LogP contribution in [0.2, 0.25) is 0 Å². The molecule has 0 aliphatic rings. The number of methoxy groups -OCH3 is 1. The Morgan fingerprint density at radius 1 is 1.10 bits per heavy atom. The second-order valence-electron chi connectivity index (χ2n) is 4.35. The smallest absolute Gasteiger partial charge is 0.343 e. The molecule has 0 aliphatic carbocycles. The first-order valence-corrected chi connectivity index (χ1v) is 6.46. The highest BCUT2D eigenvalue weighted by molar-refractivity contribution is 5.91. The minimum absolute atomic E-state index is 0.0971. The molecule has 0 radical (unpaired) electrons. The monoisotopic (exact) mass is 284 g/mol. The van der Waals surface area contributed by atoms with Crippen LogP contribution >= 0.6 is 0 Å². The van der Waals surface area contributed by atoms with Gasteiger partial charge in [0.05, 0.1) is 12.7 Å². The van der Waals surface area contributed by atoms with Gasteiger partial charge in [0.1, 0.15) is 5.75 Å². The summed E-state index contributed by atoms with van der Waals surface area (Å²) in [6.07, 6.45) is 3.84. The Morgan fingerprint density at radius 3 is 2.43 bits per heavy atom. The lowest BCUT2D eigenvalue weighted by Gasteiger charge is -2.10. The van der Waals surface area contributed by atoms with Crippen molar-refractivity contribution in [2.75, 3.05) is 7.11 Å². The number of phenolic OH excluding ortho intramolecular Hbond substituents is 1. The van der Waals surface area contributed by atoms with E-state index in [1.165, 1.54) is 31.4 Å². The van der Waals surface area contributed by atoms with E-state index in [2.05, 4.69) is 0 Å². The van der Waals surface area contributed by atoms with Crippen LogP contribution in [-0.2, 0) is 0 Å². The van der Waals surface area contributed by atoms with Crippen molar-refractivity contribution in [1.29, 1.82) is 0 Å². The molecule has 108 valence electrons. The van der Waals surface area contributed by atoms with E-state index in [1.807, 2.05) is 25.1 Å². The number of hydrogen-bond acceptors (Lipinski definition) is 4. The van der Waals surface area contributed by atoms with Gasteiger partial charge in [-0.25, -0.2) is 4.79 Å². The number of phenols is 1. The molecule has 2 aromatic rings. The van der Waals surface area contributed by atoms with E-state index in [0.717, 1.165) is 5.56 Å². The van der Waals surface area contributed by atoms with E-state index in [-0.39, 0.29) is 5.75 Å². The van der Waals surface area contributed by atoms with Crippen LogP contribution in [-0.4, -0.2) is 18.2 Å². The number of carbonyl (C=O) groups excluding carboxylic acids is 1. The SMILES string of the molecule is CC=Cc1ccc(OC(=O)c2ccc(O)cc2)c(OC)c1. The minimum atomic E-state index is -0.507. The molecule has 21 heavy (non-hydrogen) atoms. The van der Waals surface area contributed by atoms with Gasteiger partial charge in [0.25, 0.3) is 0 Å². The highest BCUT2D eigenvalue weighted by Crippen LogP contribution is 2.29. The second-order valence-corrected chi connectivity index (χ2v) is 4.35. The van der Waals surface area contributed by atoms with Gasteiger partial charge in [0, 0.05) is 0 Å². The van der Waals surface area contributed by atoms with Gasteiger partial charge in [-0.05, 0) is 48.9 Å². The third-order valence-electron chi connectivity index (χ3n) is 2.85. The van der Waals surface area contributed by atoms with Crippen molar-refractivity contribution >= 4 is 12.0 Å². The first kappa shape index (κ1) is 14.7. The van der Waals surface area contributed by atoms with Crippen molar-refractivity contribution in [2.45, 2.75) is 6.92 Å². The van der Waals surface area contributed by atoms with E-state index in [4.69, 9.17) is 9.47 Å². The molecular weight excluding hydrogens is 268 g/mol. The summed E-state index contributed by atoms with van der Waals surface area (Å²) in [6.45, 7) is 1.92. The zero-order chi connectivity index (χ0) is 15.2. The van der Waals surface area contributed by atoms with Gasteiger partial charge in [-0.1, -0.05) is 18.2 Å². The maximum absolute atomic E-state index is 12.0. The lowest BCUT2D eigenvalue weighted by atomic mass is 10.2. The number of benzene rings is 2. The summed E-state index contributed by atoms with van der Waals surface area (Å²) in [6, 6.07) is 11.2. The molecule has 2 rings (SSSR count). The van der Waals surface area contributed by atoms with E-state index in [0.29, 0.717) is 17.1 Å². The van der Waals surface area contributed by atoms with Gasteiger partial charge in [0.2, 0.25) is 0 Å². The lowest BCUT2D eigenvalue weighted by Crippen LogP contribution is -2.09. The average Bonchev–Trinajstić information content (AvgIpc) is 2.49. The van der Waals surface area contributed by atoms with Gasteiger partial charge in [0.15, 0.2) is 11.5 Å². The highest BCUT2D eigenvalue weighted by Gasteiger charge is 2.12. The number of esters is 1. The molecule has 4 heteroatoms. The van der Waals surface area contributed by atoms with Crippen molar-refractivity contribution in [3.8, 4) is 17.2 Å². The molecule has 4 nitrogen and oxygen atoms in total. The molecule has 0 heterocycles. The molecule has 0 atom stereocenters. The third kappa shape index (κ3) is 3.63. The molecule has 0 spiro atoms. The van der Waals surface area contributed by atoms with Crippen LogP contribution < -0.4 is 9.47 Å². The quantitative estimate of drug-likeness (QED) is 0.687. The summed E-state index contributed by atoms with van der Waals surface area (Å²) in [5, 5.41) is 9.21. The Balaban J connectivity index is 2.22. The van der Waals surface area contributed by atoms with E-state index in [9.17, 15) is 9.90 Å². The molecule has 0 fully saturated rings. The largest absolute Gasteiger partial charge is 0.508 e. The standard InChI is InChI=1S/C17H16O4/c1-3-4-12-5-10-15(16(11-12)20-2)21-17(19)13-6-8-14(18)9-7-13/h3-11,18H,1-2H3. The number of aromatic hydroxyl groups is 1. The molecular formula is C17H16O4. The zero-order valence-corrected chi connectivity index (χ0v) is 11.9. The van der Waals surface area contributed by atoms with Crippen LogP contribution in [0.4, 0.5) is 0 Å². The van der Waals surface area contributed by atoms with Crippen molar-refractivity contribution in [3.63, 3.8) is 0 Å². The Labute approximate surface area is 123 Å². The topological polar surface area (TPSA) is 55.8 Å². The summed E-state index contributed by atoms with van der Waals surface area (Å²) < 4.78 is 10.6. The first-order valence-electron chi connectivity index (χ1n) is 6.46. The van der Waals surface area contributed by atoms with E-state index < -0.39 is 5.97 Å². The zero-order valence-electron chi connectivity index (χ0n) is 11.9. The fraction of sp³-hybridized carbons (Fsp3) is 0.118. The van der Waals surface area contributed by atoms with Crippen molar-refractivity contribution in [2.24, 2.45) is 0 Å². The predicted octanol–water partition coefficient (Wildman–Crippen LogP) is 3.65.